The SMILES string of the molecule is CCCCCCCCC=CCCCCCCCC(=O)OC1CC[C@@]2(C)C(=CC[C@H]3[C@@H]4CC[C@H]([C@H](C)CC[C@@H](CC)C(C)C)[C@@]4(C)CC[C@@H]32)C1. The van der Waals surface area contributed by atoms with Crippen LogP contribution in [0.1, 0.15) is 209 Å². The average Bonchev–Trinajstić information content (AvgIpc) is 3.44. The highest BCUT2D eigenvalue weighted by Crippen LogP contribution is 2.67. The molecule has 0 aromatic carbocycles. The van der Waals surface area contributed by atoms with Crippen molar-refractivity contribution in [2.75, 3.05) is 0 Å². The van der Waals surface area contributed by atoms with Gasteiger partial charge in [0.2, 0.25) is 0 Å². The third-order valence-corrected chi connectivity index (χ3v) is 15.2. The minimum absolute atomic E-state index is 0.0544. The summed E-state index contributed by atoms with van der Waals surface area (Å²) in [7, 11) is 0. The molecule has 9 atom stereocenters. The highest BCUT2D eigenvalue weighted by molar-refractivity contribution is 5.69. The molecule has 0 spiro atoms. The highest BCUT2D eigenvalue weighted by Gasteiger charge is 2.59. The Kier molecular flexibility index (Phi) is 16.8. The summed E-state index contributed by atoms with van der Waals surface area (Å²) < 4.78 is 6.14. The number of ether oxygens (including phenoxy) is 1. The maximum atomic E-state index is 12.8. The van der Waals surface area contributed by atoms with Gasteiger partial charge in [-0.25, -0.2) is 0 Å². The molecule has 0 aliphatic heterocycles. The fraction of sp³-hybridized carbons (Fsp3) is 0.894. The van der Waals surface area contributed by atoms with E-state index >= 15 is 0 Å². The Morgan fingerprint density at radius 2 is 1.49 bits per heavy atom. The van der Waals surface area contributed by atoms with Gasteiger partial charge in [0, 0.05) is 12.8 Å². The molecule has 3 fully saturated rings. The van der Waals surface area contributed by atoms with Crippen molar-refractivity contribution in [3.05, 3.63) is 23.8 Å². The van der Waals surface area contributed by atoms with E-state index in [-0.39, 0.29) is 12.1 Å². The van der Waals surface area contributed by atoms with E-state index in [1.54, 1.807) is 5.57 Å². The standard InChI is InChI=1S/C47H82O2/c1-8-10-11-12-13-14-15-16-17-18-19-20-21-22-23-24-45(48)49-40-31-33-46(6)39(35-40)27-28-41-43-30-29-42(47(43,7)34-32-44(41)46)37(5)25-26-38(9-2)36(3)4/h16-17,27,36-38,40-44H,8-15,18-26,28-35H2,1-7H3/t37-,38-,40?,41+,42-,43+,44+,46+,47-/m1/s1. The number of allylic oxidation sites excluding steroid dienone is 3. The second-order valence-electron chi connectivity index (χ2n) is 18.6. The van der Waals surface area contributed by atoms with E-state index in [0.717, 1.165) is 67.1 Å². The molecule has 4 rings (SSSR count). The number of carbonyl (C=O) groups is 1. The van der Waals surface area contributed by atoms with Crippen molar-refractivity contribution < 1.29 is 9.53 Å². The quantitative estimate of drug-likeness (QED) is 0.0647. The number of hydrogen-bond donors (Lipinski definition) is 0. The lowest BCUT2D eigenvalue weighted by molar-refractivity contribution is -0.151. The zero-order chi connectivity index (χ0) is 35.3. The van der Waals surface area contributed by atoms with E-state index in [0.29, 0.717) is 17.3 Å². The van der Waals surface area contributed by atoms with Crippen molar-refractivity contribution in [1.82, 2.24) is 0 Å². The number of carbonyl (C=O) groups excluding carboxylic acids is 1. The minimum atomic E-state index is 0.0544. The number of hydrogen-bond acceptors (Lipinski definition) is 2. The predicted octanol–water partition coefficient (Wildman–Crippen LogP) is 14.6. The van der Waals surface area contributed by atoms with Gasteiger partial charge in [0.05, 0.1) is 0 Å². The highest BCUT2D eigenvalue weighted by atomic mass is 16.5. The molecule has 3 saturated carbocycles. The van der Waals surface area contributed by atoms with Crippen LogP contribution in [0.25, 0.3) is 0 Å². The summed E-state index contributed by atoms with van der Waals surface area (Å²) in [5.41, 5.74) is 2.51. The number of fused-ring (bicyclic) bond motifs is 5. The third kappa shape index (κ3) is 11.0. The van der Waals surface area contributed by atoms with Gasteiger partial charge in [0.15, 0.2) is 0 Å². The van der Waals surface area contributed by atoms with Crippen LogP contribution in [-0.4, -0.2) is 12.1 Å². The molecule has 49 heavy (non-hydrogen) atoms. The van der Waals surface area contributed by atoms with Gasteiger partial charge in [0.1, 0.15) is 6.10 Å². The normalized spacial score (nSPS) is 32.4. The molecule has 0 amide bonds. The van der Waals surface area contributed by atoms with Crippen LogP contribution in [-0.2, 0) is 9.53 Å². The van der Waals surface area contributed by atoms with E-state index < -0.39 is 0 Å². The van der Waals surface area contributed by atoms with Gasteiger partial charge in [-0.1, -0.05) is 136 Å². The van der Waals surface area contributed by atoms with Crippen molar-refractivity contribution in [3.63, 3.8) is 0 Å². The summed E-state index contributed by atoms with van der Waals surface area (Å²) in [5, 5.41) is 0. The first kappa shape index (κ1) is 40.7. The Labute approximate surface area is 305 Å². The molecule has 0 saturated heterocycles. The molecule has 4 aliphatic carbocycles. The molecule has 2 nitrogen and oxygen atoms in total. The molecule has 2 heteroatoms. The smallest absolute Gasteiger partial charge is 0.306 e. The first-order valence-corrected chi connectivity index (χ1v) is 22.2. The molecule has 0 N–H and O–H groups in total. The van der Waals surface area contributed by atoms with Gasteiger partial charge >= 0.3 is 5.97 Å². The fourth-order valence-electron chi connectivity index (χ4n) is 12.0. The van der Waals surface area contributed by atoms with Crippen LogP contribution in [0.15, 0.2) is 23.8 Å². The number of unbranched alkanes of at least 4 members (excludes halogenated alkanes) is 11. The number of rotatable bonds is 22. The Morgan fingerprint density at radius 3 is 2.16 bits per heavy atom. The molecular formula is C47H82O2. The predicted molar refractivity (Wildman–Crippen MR) is 212 cm³/mol. The van der Waals surface area contributed by atoms with Crippen molar-refractivity contribution in [1.29, 1.82) is 0 Å². The van der Waals surface area contributed by atoms with Gasteiger partial charge in [-0.3, -0.25) is 4.79 Å². The van der Waals surface area contributed by atoms with E-state index in [2.05, 4.69) is 66.7 Å². The van der Waals surface area contributed by atoms with E-state index in [9.17, 15) is 4.79 Å². The zero-order valence-electron chi connectivity index (χ0n) is 33.8. The molecule has 0 aromatic heterocycles. The molecule has 0 aromatic rings. The molecule has 1 unspecified atom stereocenters. The lowest BCUT2D eigenvalue weighted by atomic mass is 9.47. The zero-order valence-corrected chi connectivity index (χ0v) is 33.8. The first-order valence-electron chi connectivity index (χ1n) is 22.2. The summed E-state index contributed by atoms with van der Waals surface area (Å²) in [4.78, 5) is 12.8. The molecule has 0 bridgehead atoms. The largest absolute Gasteiger partial charge is 0.462 e. The minimum Gasteiger partial charge on any atom is -0.462 e. The monoisotopic (exact) mass is 679 g/mol. The van der Waals surface area contributed by atoms with Crippen LogP contribution < -0.4 is 0 Å². The van der Waals surface area contributed by atoms with Crippen LogP contribution in [0.4, 0.5) is 0 Å². The second kappa shape index (κ2) is 20.3. The maximum Gasteiger partial charge on any atom is 0.306 e. The van der Waals surface area contributed by atoms with Gasteiger partial charge in [0.25, 0.3) is 0 Å². The van der Waals surface area contributed by atoms with E-state index in [4.69, 9.17) is 4.74 Å². The van der Waals surface area contributed by atoms with E-state index in [1.165, 1.54) is 128 Å². The Hall–Kier alpha value is -1.05. The van der Waals surface area contributed by atoms with Gasteiger partial charge < -0.3 is 4.74 Å². The summed E-state index contributed by atoms with van der Waals surface area (Å²) in [6.45, 7) is 17.5. The molecule has 0 heterocycles. The topological polar surface area (TPSA) is 26.3 Å². The van der Waals surface area contributed by atoms with Gasteiger partial charge in [-0.05, 0) is 136 Å². The molecule has 4 aliphatic rings. The van der Waals surface area contributed by atoms with Crippen molar-refractivity contribution in [2.24, 2.45) is 52.3 Å². The first-order chi connectivity index (χ1) is 23.6. The lowest BCUT2D eigenvalue weighted by Gasteiger charge is -2.58. The molecule has 0 radical (unpaired) electrons. The van der Waals surface area contributed by atoms with Crippen LogP contribution in [0.2, 0.25) is 0 Å². The summed E-state index contributed by atoms with van der Waals surface area (Å²) >= 11 is 0. The van der Waals surface area contributed by atoms with E-state index in [1.807, 2.05) is 0 Å². The Bertz CT molecular complexity index is 1020. The maximum absolute atomic E-state index is 12.8. The van der Waals surface area contributed by atoms with Crippen LogP contribution in [0, 0.1) is 52.3 Å². The summed E-state index contributed by atoms with van der Waals surface area (Å²) in [6, 6.07) is 0. The fourth-order valence-corrected chi connectivity index (χ4v) is 12.0. The van der Waals surface area contributed by atoms with Crippen molar-refractivity contribution in [3.8, 4) is 0 Å². The second-order valence-corrected chi connectivity index (χ2v) is 18.6. The molecule has 282 valence electrons. The van der Waals surface area contributed by atoms with Gasteiger partial charge in [-0.15, -0.1) is 0 Å². The Morgan fingerprint density at radius 1 is 0.816 bits per heavy atom. The van der Waals surface area contributed by atoms with Crippen molar-refractivity contribution in [2.45, 2.75) is 215 Å². The summed E-state index contributed by atoms with van der Waals surface area (Å²) in [5.74, 6) is 6.15. The van der Waals surface area contributed by atoms with Crippen LogP contribution >= 0.6 is 0 Å². The number of esters is 1. The van der Waals surface area contributed by atoms with Crippen molar-refractivity contribution >= 4 is 5.97 Å². The average molecular weight is 679 g/mol. The third-order valence-electron chi connectivity index (χ3n) is 15.2. The van der Waals surface area contributed by atoms with Crippen LogP contribution in [0.5, 0.6) is 0 Å². The molecular weight excluding hydrogens is 597 g/mol. The summed E-state index contributed by atoms with van der Waals surface area (Å²) in [6.07, 6.45) is 39.4. The van der Waals surface area contributed by atoms with Crippen LogP contribution in [0.3, 0.4) is 0 Å². The van der Waals surface area contributed by atoms with Gasteiger partial charge in [-0.2, -0.15) is 0 Å². The lowest BCUT2D eigenvalue weighted by Crippen LogP contribution is -2.51. The Balaban J connectivity index is 1.13.